The maximum Gasteiger partial charge on any atom is 0.223 e. The van der Waals surface area contributed by atoms with Gasteiger partial charge in [-0.25, -0.2) is 0 Å². The van der Waals surface area contributed by atoms with E-state index in [9.17, 15) is 0 Å². The number of likely N-dealkylation sites (tertiary alicyclic amines) is 1. The standard InChI is InChI=1S/C23H26N4O2/c1-17-24-23(25-29-17)21-8-6-20(7-9-21)19-4-2-18(3-5-19)14-26-15-22(16-26)27-10-12-28-13-11-27/h2-9,22H,10-16H2,1H3. The molecule has 2 saturated heterocycles. The minimum Gasteiger partial charge on any atom is -0.379 e. The van der Waals surface area contributed by atoms with Crippen molar-refractivity contribution < 1.29 is 9.26 Å². The molecule has 0 N–H and O–H groups in total. The molecule has 2 aliphatic heterocycles. The molecule has 0 amide bonds. The van der Waals surface area contributed by atoms with Gasteiger partial charge < -0.3 is 9.26 Å². The highest BCUT2D eigenvalue weighted by molar-refractivity contribution is 5.67. The third-order valence-corrected chi connectivity index (χ3v) is 5.86. The molecule has 3 heterocycles. The van der Waals surface area contributed by atoms with Crippen LogP contribution in [0.25, 0.3) is 22.5 Å². The first-order valence-electron chi connectivity index (χ1n) is 10.3. The minimum atomic E-state index is 0.582. The smallest absolute Gasteiger partial charge is 0.223 e. The fourth-order valence-corrected chi connectivity index (χ4v) is 4.13. The lowest BCUT2D eigenvalue weighted by Crippen LogP contribution is -2.60. The van der Waals surface area contributed by atoms with E-state index in [1.165, 1.54) is 29.8 Å². The van der Waals surface area contributed by atoms with Gasteiger partial charge in [0, 0.05) is 51.3 Å². The molecular weight excluding hydrogens is 364 g/mol. The zero-order valence-corrected chi connectivity index (χ0v) is 16.8. The average molecular weight is 390 g/mol. The molecule has 0 saturated carbocycles. The first-order valence-corrected chi connectivity index (χ1v) is 10.3. The average Bonchev–Trinajstić information content (AvgIpc) is 3.18. The summed E-state index contributed by atoms with van der Waals surface area (Å²) >= 11 is 0. The number of hydrogen-bond donors (Lipinski definition) is 0. The number of aryl methyl sites for hydroxylation is 1. The largest absolute Gasteiger partial charge is 0.379 e. The molecule has 6 nitrogen and oxygen atoms in total. The van der Waals surface area contributed by atoms with Crippen LogP contribution in [0, 0.1) is 6.92 Å². The number of ether oxygens (including phenoxy) is 1. The lowest BCUT2D eigenvalue weighted by atomic mass is 10.0. The van der Waals surface area contributed by atoms with Crippen LogP contribution in [0.1, 0.15) is 11.5 Å². The summed E-state index contributed by atoms with van der Waals surface area (Å²) in [5.74, 6) is 1.22. The minimum absolute atomic E-state index is 0.582. The first kappa shape index (κ1) is 18.5. The van der Waals surface area contributed by atoms with E-state index < -0.39 is 0 Å². The van der Waals surface area contributed by atoms with Gasteiger partial charge in [-0.2, -0.15) is 4.98 Å². The van der Waals surface area contributed by atoms with Gasteiger partial charge >= 0.3 is 0 Å². The van der Waals surface area contributed by atoms with Crippen LogP contribution in [-0.2, 0) is 11.3 Å². The Bertz CT molecular complexity index is 940. The van der Waals surface area contributed by atoms with Crippen molar-refractivity contribution in [3.8, 4) is 22.5 Å². The summed E-state index contributed by atoms with van der Waals surface area (Å²) in [6.07, 6.45) is 0. The second kappa shape index (κ2) is 8.06. The molecule has 2 aliphatic rings. The molecule has 0 unspecified atom stereocenters. The van der Waals surface area contributed by atoms with E-state index in [2.05, 4.69) is 56.3 Å². The zero-order valence-electron chi connectivity index (χ0n) is 16.8. The molecule has 0 aliphatic carbocycles. The SMILES string of the molecule is Cc1nc(-c2ccc(-c3ccc(CN4CC(N5CCOCC5)C4)cc3)cc2)no1. The van der Waals surface area contributed by atoms with Crippen LogP contribution in [0.4, 0.5) is 0 Å². The third kappa shape index (κ3) is 4.10. The van der Waals surface area contributed by atoms with E-state index in [4.69, 9.17) is 9.26 Å². The Kier molecular flexibility index (Phi) is 5.14. The molecule has 0 atom stereocenters. The van der Waals surface area contributed by atoms with E-state index in [1.54, 1.807) is 6.92 Å². The van der Waals surface area contributed by atoms with Crippen molar-refractivity contribution in [2.24, 2.45) is 0 Å². The molecule has 3 aromatic rings. The number of hydrogen-bond acceptors (Lipinski definition) is 6. The fourth-order valence-electron chi connectivity index (χ4n) is 4.13. The van der Waals surface area contributed by atoms with Crippen molar-refractivity contribution in [2.75, 3.05) is 39.4 Å². The predicted molar refractivity (Wildman–Crippen MR) is 111 cm³/mol. The van der Waals surface area contributed by atoms with E-state index in [1.807, 2.05) is 12.1 Å². The van der Waals surface area contributed by atoms with Crippen molar-refractivity contribution in [1.29, 1.82) is 0 Å². The highest BCUT2D eigenvalue weighted by Crippen LogP contribution is 2.25. The van der Waals surface area contributed by atoms with Gasteiger partial charge in [0.25, 0.3) is 0 Å². The normalized spacial score (nSPS) is 18.7. The molecule has 2 fully saturated rings. The van der Waals surface area contributed by atoms with Gasteiger partial charge in [-0.3, -0.25) is 9.80 Å². The number of nitrogens with zero attached hydrogens (tertiary/aromatic N) is 4. The third-order valence-electron chi connectivity index (χ3n) is 5.86. The van der Waals surface area contributed by atoms with E-state index in [0.717, 1.165) is 38.4 Å². The van der Waals surface area contributed by atoms with Gasteiger partial charge in [0.15, 0.2) is 0 Å². The lowest BCUT2D eigenvalue weighted by Gasteiger charge is -2.46. The van der Waals surface area contributed by atoms with Crippen molar-refractivity contribution in [2.45, 2.75) is 19.5 Å². The zero-order chi connectivity index (χ0) is 19.6. The Labute approximate surface area is 171 Å². The van der Waals surface area contributed by atoms with Crippen LogP contribution in [0.5, 0.6) is 0 Å². The summed E-state index contributed by atoms with van der Waals surface area (Å²) in [5.41, 5.74) is 4.75. The van der Waals surface area contributed by atoms with Crippen LogP contribution in [-0.4, -0.2) is 65.4 Å². The monoisotopic (exact) mass is 390 g/mol. The number of benzene rings is 2. The topological polar surface area (TPSA) is 54.6 Å². The summed E-state index contributed by atoms with van der Waals surface area (Å²) in [6.45, 7) is 9.09. The number of rotatable bonds is 5. The van der Waals surface area contributed by atoms with Gasteiger partial charge in [0.1, 0.15) is 0 Å². The first-order chi connectivity index (χ1) is 14.2. The molecule has 0 bridgehead atoms. The Morgan fingerprint density at radius 3 is 2.14 bits per heavy atom. The highest BCUT2D eigenvalue weighted by atomic mass is 16.5. The maximum atomic E-state index is 5.45. The molecule has 150 valence electrons. The van der Waals surface area contributed by atoms with Crippen LogP contribution in [0.2, 0.25) is 0 Å². The summed E-state index contributed by atoms with van der Waals surface area (Å²) < 4.78 is 10.5. The van der Waals surface area contributed by atoms with Gasteiger partial charge in [0.05, 0.1) is 13.2 Å². The van der Waals surface area contributed by atoms with Gasteiger partial charge in [0.2, 0.25) is 11.7 Å². The fraction of sp³-hybridized carbons (Fsp3) is 0.391. The van der Waals surface area contributed by atoms with Crippen molar-refractivity contribution >= 4 is 0 Å². The summed E-state index contributed by atoms with van der Waals surface area (Å²) in [5, 5.41) is 3.98. The van der Waals surface area contributed by atoms with Crippen molar-refractivity contribution in [3.63, 3.8) is 0 Å². The second-order valence-electron chi connectivity index (χ2n) is 7.91. The Morgan fingerprint density at radius 1 is 0.897 bits per heavy atom. The van der Waals surface area contributed by atoms with Crippen molar-refractivity contribution in [1.82, 2.24) is 19.9 Å². The molecule has 1 aromatic heterocycles. The Morgan fingerprint density at radius 2 is 1.52 bits per heavy atom. The number of aromatic nitrogens is 2. The Hall–Kier alpha value is -2.54. The van der Waals surface area contributed by atoms with Crippen molar-refractivity contribution in [3.05, 3.63) is 60.0 Å². The van der Waals surface area contributed by atoms with Gasteiger partial charge in [-0.1, -0.05) is 53.7 Å². The maximum absolute atomic E-state index is 5.45. The number of morpholine rings is 1. The molecular formula is C23H26N4O2. The molecule has 2 aromatic carbocycles. The van der Waals surface area contributed by atoms with Gasteiger partial charge in [-0.05, 0) is 16.7 Å². The Balaban J connectivity index is 1.17. The van der Waals surface area contributed by atoms with Crippen LogP contribution >= 0.6 is 0 Å². The lowest BCUT2D eigenvalue weighted by molar-refractivity contribution is -0.0344. The molecule has 0 radical (unpaired) electrons. The van der Waals surface area contributed by atoms with Gasteiger partial charge in [-0.15, -0.1) is 0 Å². The molecule has 0 spiro atoms. The summed E-state index contributed by atoms with van der Waals surface area (Å²) in [4.78, 5) is 9.38. The van der Waals surface area contributed by atoms with E-state index >= 15 is 0 Å². The van der Waals surface area contributed by atoms with E-state index in [0.29, 0.717) is 17.8 Å². The highest BCUT2D eigenvalue weighted by Gasteiger charge is 2.32. The summed E-state index contributed by atoms with van der Waals surface area (Å²) in [7, 11) is 0. The van der Waals surface area contributed by atoms with Crippen LogP contribution in [0.15, 0.2) is 53.1 Å². The van der Waals surface area contributed by atoms with Crippen LogP contribution in [0.3, 0.4) is 0 Å². The second-order valence-corrected chi connectivity index (χ2v) is 7.91. The summed E-state index contributed by atoms with van der Waals surface area (Å²) in [6, 6.07) is 17.9. The quantitative estimate of drug-likeness (QED) is 0.667. The predicted octanol–water partition coefficient (Wildman–Crippen LogP) is 3.23. The molecule has 6 heteroatoms. The van der Waals surface area contributed by atoms with Crippen LogP contribution < -0.4 is 0 Å². The van der Waals surface area contributed by atoms with E-state index in [-0.39, 0.29) is 0 Å². The molecule has 29 heavy (non-hydrogen) atoms. The molecule has 5 rings (SSSR count).